The van der Waals surface area contributed by atoms with Gasteiger partial charge in [0.15, 0.2) is 0 Å². The van der Waals surface area contributed by atoms with Gasteiger partial charge in [0.1, 0.15) is 11.7 Å². The number of hydrogen-bond donors (Lipinski definition) is 1. The van der Waals surface area contributed by atoms with E-state index in [1.165, 1.54) is 18.4 Å². The lowest BCUT2D eigenvalue weighted by atomic mass is 10.0. The molecule has 3 rings (SSSR count). The minimum absolute atomic E-state index is 0.0843. The Balaban J connectivity index is 1.92. The van der Waals surface area contributed by atoms with Crippen molar-refractivity contribution in [2.45, 2.75) is 25.6 Å². The number of methoxy groups -OCH3 is 2. The number of carbonyl (C=O) groups excluding carboxylic acids is 2. The van der Waals surface area contributed by atoms with Crippen LogP contribution in [0.2, 0.25) is 0 Å². The molecule has 0 bridgehead atoms. The van der Waals surface area contributed by atoms with Crippen molar-refractivity contribution in [3.8, 4) is 0 Å². The maximum atomic E-state index is 12.9. The van der Waals surface area contributed by atoms with Crippen LogP contribution in [0.3, 0.4) is 0 Å². The number of carbonyl (C=O) groups is 2. The maximum absolute atomic E-state index is 12.9. The highest BCUT2D eigenvalue weighted by atomic mass is 32.1. The summed E-state index contributed by atoms with van der Waals surface area (Å²) in [5, 5.41) is 3.88. The fourth-order valence-electron chi connectivity index (χ4n) is 3.38. The molecule has 1 aromatic heterocycles. The van der Waals surface area contributed by atoms with Gasteiger partial charge in [0.05, 0.1) is 24.6 Å². The lowest BCUT2D eigenvalue weighted by Crippen LogP contribution is -2.51. The molecule has 158 valence electrons. The van der Waals surface area contributed by atoms with Crippen molar-refractivity contribution in [2.75, 3.05) is 47.1 Å². The molecule has 1 atom stereocenters. The van der Waals surface area contributed by atoms with E-state index >= 15 is 0 Å². The number of hydrogen-bond acceptors (Lipinski definition) is 6. The van der Waals surface area contributed by atoms with Crippen molar-refractivity contribution in [1.82, 2.24) is 10.2 Å². The van der Waals surface area contributed by atoms with Crippen LogP contribution in [-0.2, 0) is 19.0 Å². The zero-order chi connectivity index (χ0) is 21.0. The largest absolute Gasteiger partial charge is 0.383 e. The Hall–Kier alpha value is -2.00. The minimum atomic E-state index is -0.904. The highest BCUT2D eigenvalue weighted by molar-refractivity contribution is 7.21. The average molecular weight is 421 g/mol. The number of fused-ring (bicyclic) bond motifs is 1. The van der Waals surface area contributed by atoms with Gasteiger partial charge in [-0.1, -0.05) is 18.2 Å². The lowest BCUT2D eigenvalue weighted by molar-refractivity contribution is -0.158. The van der Waals surface area contributed by atoms with E-state index in [0.717, 1.165) is 15.6 Å². The standard InChI is InChI=1S/C21H28N2O5S/c1-21(2,27-4)20(25)23-10-12-28-15(13-23)17-14-7-5-6-8-16(14)29-18(17)19(24)22-9-11-26-3/h5-8,15H,9-13H2,1-4H3,(H,22,24). The minimum Gasteiger partial charge on any atom is -0.383 e. The summed E-state index contributed by atoms with van der Waals surface area (Å²) in [7, 11) is 3.13. The molecule has 1 aromatic carbocycles. The summed E-state index contributed by atoms with van der Waals surface area (Å²) in [6, 6.07) is 7.89. The van der Waals surface area contributed by atoms with Crippen molar-refractivity contribution in [3.63, 3.8) is 0 Å². The van der Waals surface area contributed by atoms with E-state index in [-0.39, 0.29) is 17.9 Å². The third kappa shape index (κ3) is 4.61. The monoisotopic (exact) mass is 420 g/mol. The Morgan fingerprint density at radius 2 is 2.07 bits per heavy atom. The maximum Gasteiger partial charge on any atom is 0.261 e. The van der Waals surface area contributed by atoms with Crippen LogP contribution < -0.4 is 5.32 Å². The van der Waals surface area contributed by atoms with Gasteiger partial charge in [-0.05, 0) is 25.3 Å². The van der Waals surface area contributed by atoms with Crippen molar-refractivity contribution in [1.29, 1.82) is 0 Å². The number of morpholine rings is 1. The molecule has 0 saturated carbocycles. The number of amides is 2. The zero-order valence-electron chi connectivity index (χ0n) is 17.3. The topological polar surface area (TPSA) is 77.1 Å². The number of ether oxygens (including phenoxy) is 3. The van der Waals surface area contributed by atoms with Crippen LogP contribution in [-0.4, -0.2) is 69.4 Å². The molecular formula is C21H28N2O5S. The van der Waals surface area contributed by atoms with Crippen LogP contribution in [0, 0.1) is 0 Å². The molecule has 2 amide bonds. The molecule has 1 fully saturated rings. The summed E-state index contributed by atoms with van der Waals surface area (Å²) in [6.45, 7) is 5.68. The summed E-state index contributed by atoms with van der Waals surface area (Å²) in [5.74, 6) is -0.235. The Morgan fingerprint density at radius 3 is 2.79 bits per heavy atom. The number of benzene rings is 1. The van der Waals surface area contributed by atoms with Crippen LogP contribution >= 0.6 is 11.3 Å². The molecule has 0 aliphatic carbocycles. The van der Waals surface area contributed by atoms with Crippen molar-refractivity contribution >= 4 is 33.2 Å². The molecule has 0 radical (unpaired) electrons. The van der Waals surface area contributed by atoms with Crippen molar-refractivity contribution in [3.05, 3.63) is 34.7 Å². The van der Waals surface area contributed by atoms with Crippen LogP contribution in [0.1, 0.15) is 35.2 Å². The molecular weight excluding hydrogens is 392 g/mol. The zero-order valence-corrected chi connectivity index (χ0v) is 18.1. The highest BCUT2D eigenvalue weighted by Gasteiger charge is 2.37. The van der Waals surface area contributed by atoms with Gasteiger partial charge in [-0.2, -0.15) is 0 Å². The number of rotatable bonds is 7. The molecule has 1 saturated heterocycles. The van der Waals surface area contributed by atoms with Gasteiger partial charge in [-0.25, -0.2) is 0 Å². The van der Waals surface area contributed by atoms with Crippen molar-refractivity contribution < 1.29 is 23.8 Å². The second-order valence-electron chi connectivity index (χ2n) is 7.41. The Bertz CT molecular complexity index is 879. The first kappa shape index (κ1) is 21.7. The summed E-state index contributed by atoms with van der Waals surface area (Å²) in [4.78, 5) is 28.1. The Morgan fingerprint density at radius 1 is 1.31 bits per heavy atom. The van der Waals surface area contributed by atoms with E-state index < -0.39 is 5.60 Å². The number of nitrogens with zero attached hydrogens (tertiary/aromatic N) is 1. The molecule has 8 heteroatoms. The van der Waals surface area contributed by atoms with Crippen molar-refractivity contribution in [2.24, 2.45) is 0 Å². The molecule has 29 heavy (non-hydrogen) atoms. The number of thiophene rings is 1. The Kier molecular flexibility index (Phi) is 6.89. The molecule has 0 spiro atoms. The predicted molar refractivity (Wildman–Crippen MR) is 112 cm³/mol. The van der Waals surface area contributed by atoms with E-state index in [9.17, 15) is 9.59 Å². The van der Waals surface area contributed by atoms with Crippen LogP contribution in [0.4, 0.5) is 0 Å². The second-order valence-corrected chi connectivity index (χ2v) is 8.47. The van der Waals surface area contributed by atoms with E-state index in [0.29, 0.717) is 37.7 Å². The third-order valence-electron chi connectivity index (χ3n) is 5.13. The summed E-state index contributed by atoms with van der Waals surface area (Å²) >= 11 is 1.44. The molecule has 2 aromatic rings. The normalized spacial score (nSPS) is 17.5. The van der Waals surface area contributed by atoms with Gasteiger partial charge in [0, 0.05) is 37.6 Å². The Labute approximate surface area is 174 Å². The fraction of sp³-hybridized carbons (Fsp3) is 0.524. The van der Waals surface area contributed by atoms with E-state index in [1.807, 2.05) is 24.3 Å². The summed E-state index contributed by atoms with van der Waals surface area (Å²) in [6.07, 6.45) is -0.375. The number of nitrogens with one attached hydrogen (secondary N) is 1. The third-order valence-corrected chi connectivity index (χ3v) is 6.32. The smallest absolute Gasteiger partial charge is 0.261 e. The van der Waals surface area contributed by atoms with Crippen LogP contribution in [0.5, 0.6) is 0 Å². The van der Waals surface area contributed by atoms with Gasteiger partial charge < -0.3 is 24.4 Å². The fourth-order valence-corrected chi connectivity index (χ4v) is 4.55. The predicted octanol–water partition coefficient (Wildman–Crippen LogP) is 2.60. The molecule has 1 N–H and O–H groups in total. The van der Waals surface area contributed by atoms with Gasteiger partial charge in [-0.3, -0.25) is 9.59 Å². The highest BCUT2D eigenvalue weighted by Crippen LogP contribution is 2.38. The molecule has 1 aliphatic heterocycles. The molecule has 7 nitrogen and oxygen atoms in total. The first-order chi connectivity index (χ1) is 13.9. The summed E-state index contributed by atoms with van der Waals surface area (Å²) < 4.78 is 17.4. The van der Waals surface area contributed by atoms with Gasteiger partial charge in [0.25, 0.3) is 11.8 Å². The van der Waals surface area contributed by atoms with Gasteiger partial charge in [-0.15, -0.1) is 11.3 Å². The first-order valence-corrected chi connectivity index (χ1v) is 10.5. The van der Waals surface area contributed by atoms with E-state index in [2.05, 4.69) is 5.32 Å². The lowest BCUT2D eigenvalue weighted by Gasteiger charge is -2.37. The SMILES string of the molecule is COCCNC(=O)c1sc2ccccc2c1C1CN(C(=O)C(C)(C)OC)CCO1. The van der Waals surface area contributed by atoms with Crippen LogP contribution in [0.15, 0.2) is 24.3 Å². The van der Waals surface area contributed by atoms with E-state index in [4.69, 9.17) is 14.2 Å². The molecule has 1 aliphatic rings. The molecule has 2 heterocycles. The average Bonchev–Trinajstić information content (AvgIpc) is 3.13. The van der Waals surface area contributed by atoms with E-state index in [1.54, 1.807) is 25.9 Å². The van der Waals surface area contributed by atoms with Crippen LogP contribution in [0.25, 0.3) is 10.1 Å². The first-order valence-electron chi connectivity index (χ1n) is 9.63. The quantitative estimate of drug-likeness (QED) is 0.697. The second kappa shape index (κ2) is 9.21. The molecule has 1 unspecified atom stereocenters. The summed E-state index contributed by atoms with van der Waals surface area (Å²) in [5.41, 5.74) is -0.0628. The van der Waals surface area contributed by atoms with Gasteiger partial charge in [0.2, 0.25) is 0 Å². The van der Waals surface area contributed by atoms with Gasteiger partial charge >= 0.3 is 0 Å².